The summed E-state index contributed by atoms with van der Waals surface area (Å²) < 4.78 is 0. The molecule has 3 aromatic rings. The van der Waals surface area contributed by atoms with E-state index in [1.807, 2.05) is 54.6 Å². The molecule has 19 heavy (non-hydrogen) atoms. The van der Waals surface area contributed by atoms with Crippen LogP contribution in [0, 0.1) is 6.07 Å². The van der Waals surface area contributed by atoms with E-state index in [-0.39, 0.29) is 0 Å². The third-order valence-corrected chi connectivity index (χ3v) is 2.91. The van der Waals surface area contributed by atoms with Gasteiger partial charge in [-0.1, -0.05) is 30.3 Å². The van der Waals surface area contributed by atoms with Gasteiger partial charge in [0.15, 0.2) is 0 Å². The number of rotatable bonds is 1. The SMILES string of the molecule is Oc1ccc2ccccc2c1-c1cc[c-]cc1.[Zn+][I]. The second-order valence-electron chi connectivity index (χ2n) is 3.97. The molecular formula is C16H11IOZn. The Morgan fingerprint density at radius 3 is 2.32 bits per heavy atom. The molecule has 0 aliphatic heterocycles. The Morgan fingerprint density at radius 2 is 1.58 bits per heavy atom. The van der Waals surface area contributed by atoms with Crippen molar-refractivity contribution in [3.8, 4) is 16.9 Å². The van der Waals surface area contributed by atoms with E-state index in [9.17, 15) is 5.11 Å². The summed E-state index contributed by atoms with van der Waals surface area (Å²) in [7, 11) is 0. The zero-order chi connectivity index (χ0) is 13.7. The van der Waals surface area contributed by atoms with Crippen molar-refractivity contribution in [2.24, 2.45) is 0 Å². The van der Waals surface area contributed by atoms with E-state index in [1.54, 1.807) is 6.07 Å². The van der Waals surface area contributed by atoms with Gasteiger partial charge in [0.2, 0.25) is 0 Å². The fourth-order valence-corrected chi connectivity index (χ4v) is 2.12. The van der Waals surface area contributed by atoms with Gasteiger partial charge in [-0.15, -0.1) is 5.56 Å². The van der Waals surface area contributed by atoms with Crippen molar-refractivity contribution in [2.75, 3.05) is 0 Å². The third-order valence-electron chi connectivity index (χ3n) is 2.91. The van der Waals surface area contributed by atoms with Crippen molar-refractivity contribution < 1.29 is 19.9 Å². The van der Waals surface area contributed by atoms with Gasteiger partial charge in [0, 0.05) is 5.56 Å². The van der Waals surface area contributed by atoms with Crippen molar-refractivity contribution in [2.45, 2.75) is 0 Å². The number of hydrogen-bond donors (Lipinski definition) is 1. The average Bonchev–Trinajstić information content (AvgIpc) is 2.50. The van der Waals surface area contributed by atoms with Gasteiger partial charge in [-0.25, -0.2) is 0 Å². The third kappa shape index (κ3) is 3.15. The number of fused-ring (bicyclic) bond motifs is 1. The minimum atomic E-state index is 0.315. The van der Waals surface area contributed by atoms with Gasteiger partial charge in [-0.2, -0.15) is 30.3 Å². The zero-order valence-electron chi connectivity index (χ0n) is 10.3. The molecule has 0 amide bonds. The Hall–Kier alpha value is -0.927. The van der Waals surface area contributed by atoms with Crippen LogP contribution in [0.5, 0.6) is 5.75 Å². The van der Waals surface area contributed by atoms with Gasteiger partial charge in [-0.3, -0.25) is 0 Å². The number of benzene rings is 3. The maximum absolute atomic E-state index is 10.1. The number of phenolic OH excluding ortho intramolecular Hbond substituents is 1. The normalized spacial score (nSPS) is 9.84. The van der Waals surface area contributed by atoms with Crippen LogP contribution in [0.2, 0.25) is 0 Å². The van der Waals surface area contributed by atoms with Gasteiger partial charge in [0.1, 0.15) is 5.75 Å². The molecule has 90 valence electrons. The van der Waals surface area contributed by atoms with Crippen LogP contribution in [0.15, 0.2) is 60.7 Å². The summed E-state index contributed by atoms with van der Waals surface area (Å²) in [6.45, 7) is 0. The van der Waals surface area contributed by atoms with Gasteiger partial charge >= 0.3 is 34.5 Å². The molecule has 0 aromatic heterocycles. The van der Waals surface area contributed by atoms with E-state index in [1.165, 1.54) is 14.8 Å². The molecule has 0 radical (unpaired) electrons. The van der Waals surface area contributed by atoms with Crippen molar-refractivity contribution in [3.63, 3.8) is 0 Å². The molecule has 3 aromatic carbocycles. The summed E-state index contributed by atoms with van der Waals surface area (Å²) in [5, 5.41) is 12.3. The van der Waals surface area contributed by atoms with E-state index >= 15 is 0 Å². The van der Waals surface area contributed by atoms with E-state index in [2.05, 4.69) is 25.8 Å². The van der Waals surface area contributed by atoms with Crippen LogP contribution in [0.4, 0.5) is 0 Å². The summed E-state index contributed by atoms with van der Waals surface area (Å²) in [6.07, 6.45) is 0. The van der Waals surface area contributed by atoms with Crippen LogP contribution in [0.3, 0.4) is 0 Å². The predicted octanol–water partition coefficient (Wildman–Crippen LogP) is 4.90. The molecular weight excluding hydrogens is 400 g/mol. The molecule has 1 N–H and O–H groups in total. The first-order valence-electron chi connectivity index (χ1n) is 5.80. The molecule has 0 aliphatic rings. The Kier molecular flexibility index (Phi) is 5.35. The predicted molar refractivity (Wildman–Crippen MR) is 83.9 cm³/mol. The van der Waals surface area contributed by atoms with Crippen LogP contribution in [0.25, 0.3) is 21.9 Å². The van der Waals surface area contributed by atoms with Gasteiger partial charge in [0.25, 0.3) is 0 Å². The van der Waals surface area contributed by atoms with Crippen LogP contribution >= 0.6 is 19.8 Å². The summed E-state index contributed by atoms with van der Waals surface area (Å²) in [6, 6.07) is 22.4. The summed E-state index contributed by atoms with van der Waals surface area (Å²) in [5.41, 5.74) is 1.90. The number of halogens is 1. The minimum absolute atomic E-state index is 0.315. The fourth-order valence-electron chi connectivity index (χ4n) is 2.12. The van der Waals surface area contributed by atoms with Gasteiger partial charge in [0.05, 0.1) is 0 Å². The Balaban J connectivity index is 0.000000637. The average molecular weight is 412 g/mol. The monoisotopic (exact) mass is 410 g/mol. The summed E-state index contributed by atoms with van der Waals surface area (Å²) >= 11 is 3.62. The second kappa shape index (κ2) is 7.02. The molecule has 3 rings (SSSR count). The molecule has 0 bridgehead atoms. The molecule has 0 saturated carbocycles. The van der Waals surface area contributed by atoms with Crippen LogP contribution in [-0.4, -0.2) is 5.11 Å². The molecule has 3 heteroatoms. The molecule has 0 aliphatic carbocycles. The van der Waals surface area contributed by atoms with Gasteiger partial charge < -0.3 is 5.11 Å². The quantitative estimate of drug-likeness (QED) is 0.343. The molecule has 1 nitrogen and oxygen atoms in total. The molecule has 0 atom stereocenters. The van der Waals surface area contributed by atoms with E-state index < -0.39 is 0 Å². The van der Waals surface area contributed by atoms with Crippen molar-refractivity contribution in [3.05, 3.63) is 66.7 Å². The van der Waals surface area contributed by atoms with Crippen molar-refractivity contribution in [1.29, 1.82) is 0 Å². The first-order chi connectivity index (χ1) is 9.36. The number of phenols is 1. The van der Waals surface area contributed by atoms with Crippen LogP contribution in [-0.2, 0) is 14.8 Å². The van der Waals surface area contributed by atoms with E-state index in [0.29, 0.717) is 5.75 Å². The molecule has 0 spiro atoms. The van der Waals surface area contributed by atoms with E-state index in [0.717, 1.165) is 21.9 Å². The first kappa shape index (κ1) is 14.5. The molecule has 0 saturated heterocycles. The number of aromatic hydroxyl groups is 1. The Labute approximate surface area is 133 Å². The first-order valence-corrected chi connectivity index (χ1v) is 14.8. The van der Waals surface area contributed by atoms with Crippen LogP contribution in [0.1, 0.15) is 0 Å². The van der Waals surface area contributed by atoms with Crippen molar-refractivity contribution in [1.82, 2.24) is 0 Å². The number of hydrogen-bond acceptors (Lipinski definition) is 1. The molecule has 0 fully saturated rings. The fraction of sp³-hybridized carbons (Fsp3) is 0. The molecule has 0 heterocycles. The van der Waals surface area contributed by atoms with Crippen molar-refractivity contribution >= 4 is 30.5 Å². The zero-order valence-corrected chi connectivity index (χ0v) is 15.4. The standard InChI is InChI=1S/C16H11O.HI.Zn/c17-15-11-10-12-6-4-5-9-14(12)16(15)13-7-2-1-3-8-13;;/h2-11,17H;1H;/q-1;;+2/p-1. The maximum atomic E-state index is 10.1. The van der Waals surface area contributed by atoms with Gasteiger partial charge in [-0.05, 0) is 16.8 Å². The summed E-state index contributed by atoms with van der Waals surface area (Å²) in [5.74, 6) is 0.315. The Morgan fingerprint density at radius 1 is 0.895 bits per heavy atom. The topological polar surface area (TPSA) is 20.2 Å². The Bertz CT molecular complexity index is 668. The molecule has 0 unspecified atom stereocenters. The second-order valence-corrected chi connectivity index (χ2v) is 3.97. The van der Waals surface area contributed by atoms with Crippen LogP contribution < -0.4 is 0 Å². The van der Waals surface area contributed by atoms with E-state index in [4.69, 9.17) is 0 Å². The summed E-state index contributed by atoms with van der Waals surface area (Å²) in [4.78, 5) is 0.